The summed E-state index contributed by atoms with van der Waals surface area (Å²) in [6.45, 7) is 3.42. The van der Waals surface area contributed by atoms with Crippen LogP contribution in [0.25, 0.3) is 0 Å². The third kappa shape index (κ3) is 5.06. The SMILES string of the molecule is CC(Sc1ccc(S(=O)(=O)N2CCOCC2)cn1)C(=O)N(C)C1CCCCC1. The topological polar surface area (TPSA) is 79.8 Å². The molecular formula is C19H29N3O4S2. The van der Waals surface area contributed by atoms with Gasteiger partial charge in [0.05, 0.1) is 23.5 Å². The minimum absolute atomic E-state index is 0.101. The number of carbonyl (C=O) groups is 1. The fourth-order valence-electron chi connectivity index (χ4n) is 3.69. The highest BCUT2D eigenvalue weighted by Crippen LogP contribution is 2.27. The lowest BCUT2D eigenvalue weighted by molar-refractivity contribution is -0.131. The molecule has 0 bridgehead atoms. The number of hydrogen-bond donors (Lipinski definition) is 0. The standard InChI is InChI=1S/C19H29N3O4S2/c1-15(19(23)21(2)16-6-4-3-5-7-16)27-18-9-8-17(14-20-18)28(24,25)22-10-12-26-13-11-22/h8-9,14-16H,3-7,10-13H2,1-2H3. The summed E-state index contributed by atoms with van der Waals surface area (Å²) >= 11 is 1.37. The number of hydrogen-bond acceptors (Lipinski definition) is 6. The van der Waals surface area contributed by atoms with E-state index < -0.39 is 10.0 Å². The molecule has 1 atom stereocenters. The van der Waals surface area contributed by atoms with E-state index in [2.05, 4.69) is 4.98 Å². The molecule has 7 nitrogen and oxygen atoms in total. The van der Waals surface area contributed by atoms with Crippen molar-refractivity contribution in [3.05, 3.63) is 18.3 Å². The van der Waals surface area contributed by atoms with Gasteiger partial charge in [0.25, 0.3) is 0 Å². The number of rotatable bonds is 6. The predicted octanol–water partition coefficient (Wildman–Crippen LogP) is 2.37. The van der Waals surface area contributed by atoms with Gasteiger partial charge in [-0.05, 0) is 31.9 Å². The van der Waals surface area contributed by atoms with Crippen LogP contribution in [0.15, 0.2) is 28.3 Å². The first kappa shape index (κ1) is 21.5. The number of thioether (sulfide) groups is 1. The van der Waals surface area contributed by atoms with Crippen molar-refractivity contribution >= 4 is 27.7 Å². The van der Waals surface area contributed by atoms with Crippen LogP contribution in [0.3, 0.4) is 0 Å². The van der Waals surface area contributed by atoms with Crippen molar-refractivity contribution in [1.82, 2.24) is 14.2 Å². The van der Waals surface area contributed by atoms with Crippen molar-refractivity contribution in [1.29, 1.82) is 0 Å². The van der Waals surface area contributed by atoms with E-state index in [0.717, 1.165) is 12.8 Å². The van der Waals surface area contributed by atoms with E-state index >= 15 is 0 Å². The maximum atomic E-state index is 12.7. The first-order valence-electron chi connectivity index (χ1n) is 9.87. The van der Waals surface area contributed by atoms with Crippen LogP contribution < -0.4 is 0 Å². The molecule has 0 spiro atoms. The average molecular weight is 428 g/mol. The van der Waals surface area contributed by atoms with Gasteiger partial charge in [-0.15, -0.1) is 0 Å². The van der Waals surface area contributed by atoms with E-state index in [1.807, 2.05) is 18.9 Å². The molecule has 1 saturated carbocycles. The molecular weight excluding hydrogens is 398 g/mol. The molecule has 3 rings (SSSR count). The Hall–Kier alpha value is -1.16. The van der Waals surface area contributed by atoms with E-state index in [1.165, 1.54) is 41.5 Å². The number of morpholine rings is 1. The summed E-state index contributed by atoms with van der Waals surface area (Å²) < 4.78 is 32.0. The Labute approximate surface area is 171 Å². The number of sulfonamides is 1. The molecule has 0 N–H and O–H groups in total. The minimum Gasteiger partial charge on any atom is -0.379 e. The van der Waals surface area contributed by atoms with Crippen molar-refractivity contribution in [2.24, 2.45) is 0 Å². The zero-order valence-electron chi connectivity index (χ0n) is 16.5. The number of pyridine rings is 1. The molecule has 1 aliphatic heterocycles. The van der Waals surface area contributed by atoms with Crippen LogP contribution in [0.2, 0.25) is 0 Å². The van der Waals surface area contributed by atoms with Crippen molar-refractivity contribution in [3.63, 3.8) is 0 Å². The van der Waals surface area contributed by atoms with E-state index in [9.17, 15) is 13.2 Å². The molecule has 0 radical (unpaired) electrons. The summed E-state index contributed by atoms with van der Waals surface area (Å²) in [6, 6.07) is 3.59. The molecule has 2 heterocycles. The quantitative estimate of drug-likeness (QED) is 0.649. The second-order valence-corrected chi connectivity index (χ2v) is 10.6. The Morgan fingerprint density at radius 2 is 1.93 bits per heavy atom. The van der Waals surface area contributed by atoms with E-state index in [4.69, 9.17) is 4.74 Å². The molecule has 1 amide bonds. The Balaban J connectivity index is 1.60. The van der Waals surface area contributed by atoms with E-state index in [1.54, 1.807) is 12.1 Å². The van der Waals surface area contributed by atoms with Crippen molar-refractivity contribution in [2.75, 3.05) is 33.4 Å². The van der Waals surface area contributed by atoms with Crippen LogP contribution >= 0.6 is 11.8 Å². The van der Waals surface area contributed by atoms with Crippen LogP contribution in [0.4, 0.5) is 0 Å². The van der Waals surface area contributed by atoms with E-state index in [0.29, 0.717) is 37.4 Å². The van der Waals surface area contributed by atoms with E-state index in [-0.39, 0.29) is 16.1 Å². The summed E-state index contributed by atoms with van der Waals surface area (Å²) in [7, 11) is -1.66. The fraction of sp³-hybridized carbons (Fsp3) is 0.684. The molecule has 2 fully saturated rings. The molecule has 1 aromatic heterocycles. The lowest BCUT2D eigenvalue weighted by Gasteiger charge is -2.32. The Morgan fingerprint density at radius 3 is 2.54 bits per heavy atom. The first-order chi connectivity index (χ1) is 13.4. The second-order valence-electron chi connectivity index (χ2n) is 7.35. The largest absolute Gasteiger partial charge is 0.379 e. The highest BCUT2D eigenvalue weighted by atomic mass is 32.2. The number of ether oxygens (including phenoxy) is 1. The molecule has 156 valence electrons. The van der Waals surface area contributed by atoms with Crippen molar-refractivity contribution < 1.29 is 17.9 Å². The fourth-order valence-corrected chi connectivity index (χ4v) is 5.93. The lowest BCUT2D eigenvalue weighted by atomic mass is 9.94. The van der Waals surface area contributed by atoms with Gasteiger partial charge in [-0.25, -0.2) is 13.4 Å². The molecule has 1 saturated heterocycles. The number of aromatic nitrogens is 1. The Bertz CT molecular complexity index is 758. The summed E-state index contributed by atoms with van der Waals surface area (Å²) in [5, 5.41) is 0.389. The highest BCUT2D eigenvalue weighted by Gasteiger charge is 2.28. The zero-order valence-corrected chi connectivity index (χ0v) is 18.2. The minimum atomic E-state index is -3.55. The predicted molar refractivity (Wildman–Crippen MR) is 109 cm³/mol. The van der Waals surface area contributed by atoms with Crippen LogP contribution in [-0.4, -0.2) is 73.2 Å². The normalized spacial score (nSPS) is 20.6. The number of carbonyl (C=O) groups excluding carboxylic acids is 1. The van der Waals surface area contributed by atoms with Crippen LogP contribution in [-0.2, 0) is 19.6 Å². The molecule has 28 heavy (non-hydrogen) atoms. The Kier molecular flexibility index (Phi) is 7.36. The van der Waals surface area contributed by atoms with Gasteiger partial charge in [0.2, 0.25) is 15.9 Å². The van der Waals surface area contributed by atoms with Gasteiger partial charge in [-0.3, -0.25) is 4.79 Å². The number of amides is 1. The third-order valence-electron chi connectivity index (χ3n) is 5.43. The van der Waals surface area contributed by atoms with Crippen LogP contribution in [0.5, 0.6) is 0 Å². The first-order valence-corrected chi connectivity index (χ1v) is 12.2. The zero-order chi connectivity index (χ0) is 20.1. The molecule has 0 aromatic carbocycles. The Morgan fingerprint density at radius 1 is 1.25 bits per heavy atom. The van der Waals surface area contributed by atoms with Crippen LogP contribution in [0, 0.1) is 0 Å². The smallest absolute Gasteiger partial charge is 0.244 e. The van der Waals surface area contributed by atoms with Crippen molar-refractivity contribution in [3.8, 4) is 0 Å². The van der Waals surface area contributed by atoms with Crippen LogP contribution in [0.1, 0.15) is 39.0 Å². The third-order valence-corrected chi connectivity index (χ3v) is 8.35. The second kappa shape index (κ2) is 9.56. The van der Waals surface area contributed by atoms with Gasteiger partial charge in [0.15, 0.2) is 0 Å². The molecule has 1 aromatic rings. The van der Waals surface area contributed by atoms with Gasteiger partial charge < -0.3 is 9.64 Å². The average Bonchev–Trinajstić information content (AvgIpc) is 2.74. The summed E-state index contributed by atoms with van der Waals surface area (Å²) in [5.41, 5.74) is 0. The van der Waals surface area contributed by atoms with Gasteiger partial charge in [0, 0.05) is 32.4 Å². The summed E-state index contributed by atoms with van der Waals surface area (Å²) in [6.07, 6.45) is 7.16. The molecule has 9 heteroatoms. The van der Waals surface area contributed by atoms with Crippen molar-refractivity contribution in [2.45, 2.75) is 60.2 Å². The lowest BCUT2D eigenvalue weighted by Crippen LogP contribution is -2.42. The number of nitrogens with zero attached hydrogens (tertiary/aromatic N) is 3. The maximum Gasteiger partial charge on any atom is 0.244 e. The molecule has 1 aliphatic carbocycles. The monoisotopic (exact) mass is 427 g/mol. The summed E-state index contributed by atoms with van der Waals surface area (Å²) in [5.74, 6) is 0.101. The molecule has 1 unspecified atom stereocenters. The van der Waals surface area contributed by atoms with Gasteiger partial charge in [-0.2, -0.15) is 4.31 Å². The molecule has 2 aliphatic rings. The maximum absolute atomic E-state index is 12.7. The van der Waals surface area contributed by atoms with Gasteiger partial charge in [-0.1, -0.05) is 31.0 Å². The van der Waals surface area contributed by atoms with Gasteiger partial charge >= 0.3 is 0 Å². The highest BCUT2D eigenvalue weighted by molar-refractivity contribution is 8.00. The van der Waals surface area contributed by atoms with Gasteiger partial charge in [0.1, 0.15) is 4.90 Å². The summed E-state index contributed by atoms with van der Waals surface area (Å²) in [4.78, 5) is 19.1.